The Hall–Kier alpha value is -2.69. The number of hydrogen-bond acceptors (Lipinski definition) is 3. The maximum absolute atomic E-state index is 10.7. The number of para-hydroxylation sites is 1. The number of aromatic carboxylic acids is 1. The van der Waals surface area contributed by atoms with Gasteiger partial charge >= 0.3 is 5.97 Å². The molecule has 0 spiro atoms. The van der Waals surface area contributed by atoms with Crippen molar-refractivity contribution in [3.63, 3.8) is 0 Å². The minimum absolute atomic E-state index is 0.199. The van der Waals surface area contributed by atoms with Crippen LogP contribution in [-0.2, 0) is 0 Å². The predicted molar refractivity (Wildman–Crippen MR) is 65.8 cm³/mol. The van der Waals surface area contributed by atoms with E-state index >= 15 is 0 Å². The quantitative estimate of drug-likeness (QED) is 0.743. The Morgan fingerprint density at radius 1 is 1.11 bits per heavy atom. The summed E-state index contributed by atoms with van der Waals surface area (Å²) in [6.07, 6.45) is 4.91. The molecular formula is C13H9N3O2. The van der Waals surface area contributed by atoms with Crippen molar-refractivity contribution in [1.82, 2.24) is 14.5 Å². The summed E-state index contributed by atoms with van der Waals surface area (Å²) >= 11 is 0. The van der Waals surface area contributed by atoms with Gasteiger partial charge in [0.15, 0.2) is 0 Å². The Morgan fingerprint density at radius 2 is 1.83 bits per heavy atom. The average Bonchev–Trinajstić information content (AvgIpc) is 2.82. The Labute approximate surface area is 102 Å². The maximum Gasteiger partial charge on any atom is 0.373 e. The predicted octanol–water partition coefficient (Wildman–Crippen LogP) is 2.12. The number of rotatable bonds is 2. The first-order chi connectivity index (χ1) is 8.75. The van der Waals surface area contributed by atoms with E-state index in [1.54, 1.807) is 0 Å². The summed E-state index contributed by atoms with van der Waals surface area (Å²) in [5.41, 5.74) is 1.77. The SMILES string of the molecule is O=C(O)c1ncc(-n2ccc3ccccc32)cn1. The number of fused-ring (bicyclic) bond motifs is 1. The lowest BCUT2D eigenvalue weighted by Crippen LogP contribution is -2.04. The molecule has 0 radical (unpaired) electrons. The second kappa shape index (κ2) is 3.96. The summed E-state index contributed by atoms with van der Waals surface area (Å²) in [6, 6.07) is 9.90. The van der Waals surface area contributed by atoms with E-state index in [-0.39, 0.29) is 5.82 Å². The van der Waals surface area contributed by atoms with E-state index < -0.39 is 5.97 Å². The fourth-order valence-corrected chi connectivity index (χ4v) is 1.86. The summed E-state index contributed by atoms with van der Waals surface area (Å²) in [7, 11) is 0. The van der Waals surface area contributed by atoms with Crippen LogP contribution in [0, 0.1) is 0 Å². The first-order valence-corrected chi connectivity index (χ1v) is 5.37. The molecule has 0 saturated carbocycles. The lowest BCUT2D eigenvalue weighted by atomic mass is 10.2. The van der Waals surface area contributed by atoms with Crippen LogP contribution in [0.4, 0.5) is 0 Å². The first-order valence-electron chi connectivity index (χ1n) is 5.37. The fraction of sp³-hybridized carbons (Fsp3) is 0. The molecule has 0 atom stereocenters. The standard InChI is InChI=1S/C13H9N3O2/c17-13(18)12-14-7-10(8-15-12)16-6-5-9-3-1-2-4-11(9)16/h1-8H,(H,17,18). The molecule has 0 unspecified atom stereocenters. The fourth-order valence-electron chi connectivity index (χ4n) is 1.86. The van der Waals surface area contributed by atoms with Gasteiger partial charge in [0.25, 0.3) is 0 Å². The monoisotopic (exact) mass is 239 g/mol. The summed E-state index contributed by atoms with van der Waals surface area (Å²) in [4.78, 5) is 18.3. The second-order valence-corrected chi connectivity index (χ2v) is 3.81. The molecule has 5 nitrogen and oxygen atoms in total. The van der Waals surface area contributed by atoms with Crippen LogP contribution in [-0.4, -0.2) is 25.6 Å². The van der Waals surface area contributed by atoms with Crippen LogP contribution in [0.15, 0.2) is 48.9 Å². The van der Waals surface area contributed by atoms with Gasteiger partial charge in [0.1, 0.15) is 0 Å². The minimum Gasteiger partial charge on any atom is -0.475 e. The molecule has 1 N–H and O–H groups in total. The number of benzene rings is 1. The smallest absolute Gasteiger partial charge is 0.373 e. The van der Waals surface area contributed by atoms with Gasteiger partial charge in [0.2, 0.25) is 5.82 Å². The highest BCUT2D eigenvalue weighted by atomic mass is 16.4. The molecule has 0 amide bonds. The molecule has 0 aliphatic carbocycles. The van der Waals surface area contributed by atoms with Gasteiger partial charge < -0.3 is 9.67 Å². The summed E-state index contributed by atoms with van der Waals surface area (Å²) < 4.78 is 1.92. The number of carboxylic acid groups (broad SMARTS) is 1. The molecule has 18 heavy (non-hydrogen) atoms. The zero-order chi connectivity index (χ0) is 12.5. The Bertz CT molecular complexity index is 716. The summed E-state index contributed by atoms with van der Waals surface area (Å²) in [5, 5.41) is 9.86. The van der Waals surface area contributed by atoms with E-state index in [1.807, 2.05) is 41.1 Å². The molecule has 2 aromatic heterocycles. The lowest BCUT2D eigenvalue weighted by molar-refractivity contribution is 0.0683. The third-order valence-corrected chi connectivity index (χ3v) is 2.71. The number of aromatic nitrogens is 3. The van der Waals surface area contributed by atoms with Crippen LogP contribution in [0.3, 0.4) is 0 Å². The van der Waals surface area contributed by atoms with Crippen molar-refractivity contribution < 1.29 is 9.90 Å². The van der Waals surface area contributed by atoms with E-state index in [2.05, 4.69) is 9.97 Å². The number of nitrogens with zero attached hydrogens (tertiary/aromatic N) is 3. The first kappa shape index (κ1) is 10.5. The number of hydrogen-bond donors (Lipinski definition) is 1. The van der Waals surface area contributed by atoms with Crippen LogP contribution >= 0.6 is 0 Å². The van der Waals surface area contributed by atoms with E-state index in [1.165, 1.54) is 12.4 Å². The van der Waals surface area contributed by atoms with E-state index in [0.717, 1.165) is 16.6 Å². The summed E-state index contributed by atoms with van der Waals surface area (Å²) in [5.74, 6) is -1.32. The molecule has 1 aromatic carbocycles. The lowest BCUT2D eigenvalue weighted by Gasteiger charge is -2.04. The summed E-state index contributed by atoms with van der Waals surface area (Å²) in [6.45, 7) is 0. The Morgan fingerprint density at radius 3 is 2.56 bits per heavy atom. The third-order valence-electron chi connectivity index (χ3n) is 2.71. The molecule has 2 heterocycles. The van der Waals surface area contributed by atoms with Crippen LogP contribution in [0.25, 0.3) is 16.6 Å². The van der Waals surface area contributed by atoms with Crippen molar-refractivity contribution in [2.45, 2.75) is 0 Å². The molecule has 0 saturated heterocycles. The second-order valence-electron chi connectivity index (χ2n) is 3.81. The largest absolute Gasteiger partial charge is 0.475 e. The van der Waals surface area contributed by atoms with Crippen LogP contribution in [0.1, 0.15) is 10.6 Å². The molecule has 0 aliphatic heterocycles. The van der Waals surface area contributed by atoms with Gasteiger partial charge in [-0.25, -0.2) is 14.8 Å². The van der Waals surface area contributed by atoms with Gasteiger partial charge in [-0.3, -0.25) is 0 Å². The normalized spacial score (nSPS) is 10.7. The van der Waals surface area contributed by atoms with Crippen LogP contribution < -0.4 is 0 Å². The molecule has 88 valence electrons. The number of carbonyl (C=O) groups is 1. The molecule has 0 fully saturated rings. The minimum atomic E-state index is -1.13. The van der Waals surface area contributed by atoms with Crippen molar-refractivity contribution in [3.8, 4) is 5.69 Å². The Balaban J connectivity index is 2.12. The highest BCUT2D eigenvalue weighted by Crippen LogP contribution is 2.19. The van der Waals surface area contributed by atoms with E-state index in [4.69, 9.17) is 5.11 Å². The average molecular weight is 239 g/mol. The molecule has 3 aromatic rings. The highest BCUT2D eigenvalue weighted by Gasteiger charge is 2.07. The zero-order valence-corrected chi connectivity index (χ0v) is 9.32. The van der Waals surface area contributed by atoms with E-state index in [9.17, 15) is 4.79 Å². The van der Waals surface area contributed by atoms with Crippen molar-refractivity contribution >= 4 is 16.9 Å². The molecule has 0 aliphatic rings. The topological polar surface area (TPSA) is 68.0 Å². The van der Waals surface area contributed by atoms with Crippen LogP contribution in [0.5, 0.6) is 0 Å². The third kappa shape index (κ3) is 1.62. The van der Waals surface area contributed by atoms with Gasteiger partial charge in [-0.1, -0.05) is 18.2 Å². The number of carboxylic acids is 1. The van der Waals surface area contributed by atoms with Gasteiger partial charge in [-0.15, -0.1) is 0 Å². The van der Waals surface area contributed by atoms with Crippen molar-refractivity contribution in [1.29, 1.82) is 0 Å². The Kier molecular flexibility index (Phi) is 2.30. The van der Waals surface area contributed by atoms with Gasteiger partial charge in [-0.2, -0.15) is 0 Å². The van der Waals surface area contributed by atoms with Crippen molar-refractivity contribution in [3.05, 3.63) is 54.7 Å². The van der Waals surface area contributed by atoms with Gasteiger partial charge in [-0.05, 0) is 17.5 Å². The molecule has 3 rings (SSSR count). The molecular weight excluding hydrogens is 230 g/mol. The van der Waals surface area contributed by atoms with Crippen molar-refractivity contribution in [2.24, 2.45) is 0 Å². The zero-order valence-electron chi connectivity index (χ0n) is 9.32. The van der Waals surface area contributed by atoms with Gasteiger partial charge in [0.05, 0.1) is 23.6 Å². The molecule has 0 bridgehead atoms. The van der Waals surface area contributed by atoms with Gasteiger partial charge in [0, 0.05) is 6.20 Å². The molecule has 5 heteroatoms. The highest BCUT2D eigenvalue weighted by molar-refractivity contribution is 5.83. The van der Waals surface area contributed by atoms with E-state index in [0.29, 0.717) is 0 Å². The van der Waals surface area contributed by atoms with Crippen LogP contribution in [0.2, 0.25) is 0 Å². The van der Waals surface area contributed by atoms with Crippen molar-refractivity contribution in [2.75, 3.05) is 0 Å². The maximum atomic E-state index is 10.7.